The lowest BCUT2D eigenvalue weighted by Gasteiger charge is -2.29. The molecule has 1 fully saturated rings. The molecule has 0 saturated carbocycles. The van der Waals surface area contributed by atoms with E-state index in [-0.39, 0.29) is 24.0 Å². The van der Waals surface area contributed by atoms with Crippen LogP contribution in [0.3, 0.4) is 0 Å². The first-order valence-electron chi connectivity index (χ1n) is 9.63. The van der Waals surface area contributed by atoms with E-state index in [0.717, 1.165) is 12.8 Å². The van der Waals surface area contributed by atoms with Crippen molar-refractivity contribution in [3.63, 3.8) is 0 Å². The lowest BCUT2D eigenvalue weighted by Crippen LogP contribution is -2.37. The van der Waals surface area contributed by atoms with Crippen molar-refractivity contribution in [2.75, 3.05) is 20.3 Å². The lowest BCUT2D eigenvalue weighted by atomic mass is 9.94. The van der Waals surface area contributed by atoms with Crippen LogP contribution in [0.25, 0.3) is 0 Å². The summed E-state index contributed by atoms with van der Waals surface area (Å²) < 4.78 is 10.4. The predicted octanol–water partition coefficient (Wildman–Crippen LogP) is 3.29. The molecule has 1 N–H and O–H groups in total. The number of aliphatic hydroxyl groups is 1. The maximum absolute atomic E-state index is 13.2. The second-order valence-electron chi connectivity index (χ2n) is 7.18. The van der Waals surface area contributed by atoms with Crippen molar-refractivity contribution in [2.45, 2.75) is 25.0 Å². The molecule has 1 aromatic carbocycles. The molecule has 4 rings (SSSR count). The van der Waals surface area contributed by atoms with Crippen molar-refractivity contribution in [1.82, 2.24) is 4.90 Å². The number of nitrogens with zero attached hydrogens (tertiary/aromatic N) is 1. The Bertz CT molecular complexity index is 989. The molecule has 30 heavy (non-hydrogen) atoms. The molecule has 1 saturated heterocycles. The minimum absolute atomic E-state index is 0.0475. The van der Waals surface area contributed by atoms with E-state index >= 15 is 0 Å². The highest BCUT2D eigenvalue weighted by Crippen LogP contribution is 2.40. The second kappa shape index (κ2) is 8.41. The number of esters is 1. The van der Waals surface area contributed by atoms with E-state index in [2.05, 4.69) is 0 Å². The van der Waals surface area contributed by atoms with Crippen LogP contribution < -0.4 is 0 Å². The minimum atomic E-state index is -0.761. The Morgan fingerprint density at radius 1 is 1.27 bits per heavy atom. The van der Waals surface area contributed by atoms with Gasteiger partial charge < -0.3 is 19.5 Å². The number of ether oxygens (including phenoxy) is 2. The van der Waals surface area contributed by atoms with E-state index in [4.69, 9.17) is 9.47 Å². The Morgan fingerprint density at radius 3 is 2.63 bits per heavy atom. The number of rotatable bonds is 6. The van der Waals surface area contributed by atoms with Gasteiger partial charge in [-0.05, 0) is 42.0 Å². The number of benzene rings is 1. The van der Waals surface area contributed by atoms with Crippen LogP contribution in [-0.2, 0) is 14.3 Å². The summed E-state index contributed by atoms with van der Waals surface area (Å²) in [6.45, 7) is 0.902. The molecule has 0 radical (unpaired) electrons. The first-order valence-corrected chi connectivity index (χ1v) is 10.5. The molecule has 156 valence electrons. The van der Waals surface area contributed by atoms with Crippen molar-refractivity contribution in [1.29, 1.82) is 0 Å². The van der Waals surface area contributed by atoms with E-state index < -0.39 is 23.7 Å². The molecule has 1 aromatic heterocycles. The predicted molar refractivity (Wildman–Crippen MR) is 110 cm³/mol. The first kappa shape index (κ1) is 20.3. The van der Waals surface area contributed by atoms with Crippen LogP contribution in [0, 0.1) is 0 Å². The standard InChI is InChI=1S/C22H21NO6S/c1-28-22(27)14-8-6-13(7-9-14)18-17(19(24)16-5-3-11-30-16)20(25)21(26)23(18)12-15-4-2-10-29-15/h3,5-9,11,15,18,25H,2,4,10,12H2,1H3/t15-,18-/m0/s1. The summed E-state index contributed by atoms with van der Waals surface area (Å²) in [5.41, 5.74) is 1.03. The lowest BCUT2D eigenvalue weighted by molar-refractivity contribution is -0.131. The van der Waals surface area contributed by atoms with Crippen LogP contribution in [0.5, 0.6) is 0 Å². The van der Waals surface area contributed by atoms with Gasteiger partial charge in [-0.3, -0.25) is 9.59 Å². The third kappa shape index (κ3) is 3.64. The molecule has 0 aliphatic carbocycles. The van der Waals surface area contributed by atoms with E-state index in [0.29, 0.717) is 22.6 Å². The van der Waals surface area contributed by atoms with E-state index in [1.54, 1.807) is 41.8 Å². The highest BCUT2D eigenvalue weighted by Gasteiger charge is 2.45. The molecule has 8 heteroatoms. The quantitative estimate of drug-likeness (QED) is 0.562. The summed E-state index contributed by atoms with van der Waals surface area (Å²) in [7, 11) is 1.30. The topological polar surface area (TPSA) is 93.1 Å². The Hall–Kier alpha value is -2.97. The SMILES string of the molecule is COC(=O)c1ccc([C@H]2C(C(=O)c3cccs3)=C(O)C(=O)N2C[C@@H]2CCCO2)cc1. The number of thiophene rings is 1. The smallest absolute Gasteiger partial charge is 0.337 e. The van der Waals surface area contributed by atoms with Gasteiger partial charge in [0.25, 0.3) is 5.91 Å². The average Bonchev–Trinajstić information content (AvgIpc) is 3.52. The van der Waals surface area contributed by atoms with Gasteiger partial charge in [0.05, 0.1) is 35.3 Å². The second-order valence-corrected chi connectivity index (χ2v) is 8.13. The third-order valence-corrected chi connectivity index (χ3v) is 6.23. The fourth-order valence-corrected chi connectivity index (χ4v) is 4.57. The maximum Gasteiger partial charge on any atom is 0.337 e. The summed E-state index contributed by atoms with van der Waals surface area (Å²) >= 11 is 1.25. The first-order chi connectivity index (χ1) is 14.5. The fourth-order valence-electron chi connectivity index (χ4n) is 3.89. The van der Waals surface area contributed by atoms with Crippen molar-refractivity contribution >= 4 is 29.0 Å². The number of hydrogen-bond donors (Lipinski definition) is 1. The molecule has 2 aliphatic rings. The molecule has 2 atom stereocenters. The Morgan fingerprint density at radius 2 is 2.03 bits per heavy atom. The Balaban J connectivity index is 1.73. The van der Waals surface area contributed by atoms with Gasteiger partial charge in [-0.15, -0.1) is 11.3 Å². The zero-order valence-electron chi connectivity index (χ0n) is 16.4. The van der Waals surface area contributed by atoms with Gasteiger partial charge in [0, 0.05) is 13.2 Å². The highest BCUT2D eigenvalue weighted by atomic mass is 32.1. The fraction of sp³-hybridized carbons (Fsp3) is 0.318. The number of aliphatic hydroxyl groups excluding tert-OH is 1. The van der Waals surface area contributed by atoms with E-state index in [1.165, 1.54) is 23.3 Å². The molecule has 1 amide bonds. The average molecular weight is 427 g/mol. The zero-order chi connectivity index (χ0) is 21.3. The number of amides is 1. The summed E-state index contributed by atoms with van der Waals surface area (Å²) in [4.78, 5) is 39.8. The molecule has 2 aliphatic heterocycles. The van der Waals surface area contributed by atoms with Crippen molar-refractivity contribution < 1.29 is 29.0 Å². The van der Waals surface area contributed by atoms with Crippen LogP contribution >= 0.6 is 11.3 Å². The minimum Gasteiger partial charge on any atom is -0.503 e. The molecular formula is C22H21NO6S. The Kier molecular flexibility index (Phi) is 5.69. The molecule has 2 aromatic rings. The van der Waals surface area contributed by atoms with Gasteiger partial charge in [-0.1, -0.05) is 18.2 Å². The zero-order valence-corrected chi connectivity index (χ0v) is 17.2. The maximum atomic E-state index is 13.2. The van der Waals surface area contributed by atoms with Crippen LogP contribution in [0.15, 0.2) is 53.1 Å². The molecule has 7 nitrogen and oxygen atoms in total. The van der Waals surface area contributed by atoms with E-state index in [1.807, 2.05) is 0 Å². The molecule has 0 bridgehead atoms. The molecule has 0 unspecified atom stereocenters. The summed E-state index contributed by atoms with van der Waals surface area (Å²) in [6, 6.07) is 9.16. The van der Waals surface area contributed by atoms with Crippen LogP contribution in [-0.4, -0.2) is 54.0 Å². The van der Waals surface area contributed by atoms with Gasteiger partial charge >= 0.3 is 5.97 Å². The van der Waals surface area contributed by atoms with E-state index in [9.17, 15) is 19.5 Å². The molecule has 0 spiro atoms. The van der Waals surface area contributed by atoms with Gasteiger partial charge in [-0.25, -0.2) is 4.79 Å². The number of hydrogen-bond acceptors (Lipinski definition) is 7. The largest absolute Gasteiger partial charge is 0.503 e. The third-order valence-electron chi connectivity index (χ3n) is 5.37. The van der Waals surface area contributed by atoms with Crippen LogP contribution in [0.2, 0.25) is 0 Å². The summed E-state index contributed by atoms with van der Waals surface area (Å²) in [5, 5.41) is 12.4. The molecular weight excluding hydrogens is 406 g/mol. The van der Waals surface area contributed by atoms with Crippen molar-refractivity contribution in [2.24, 2.45) is 0 Å². The van der Waals surface area contributed by atoms with Gasteiger partial charge in [-0.2, -0.15) is 0 Å². The van der Waals surface area contributed by atoms with Crippen LogP contribution in [0.1, 0.15) is 44.5 Å². The molecule has 3 heterocycles. The summed E-state index contributed by atoms with van der Waals surface area (Å²) in [5.74, 6) is -1.98. The summed E-state index contributed by atoms with van der Waals surface area (Å²) in [6.07, 6.45) is 1.58. The van der Waals surface area contributed by atoms with Crippen LogP contribution in [0.4, 0.5) is 0 Å². The number of carbonyl (C=O) groups is 3. The van der Waals surface area contributed by atoms with Gasteiger partial charge in [0.1, 0.15) is 0 Å². The number of carbonyl (C=O) groups excluding carboxylic acids is 3. The van der Waals surface area contributed by atoms with Gasteiger partial charge in [0.2, 0.25) is 5.78 Å². The Labute approximate surface area is 177 Å². The van der Waals surface area contributed by atoms with Gasteiger partial charge in [0.15, 0.2) is 5.76 Å². The normalized spacial score (nSPS) is 21.4. The number of Topliss-reactive ketones (excluding diaryl/α,β-unsaturated/α-hetero) is 1. The van der Waals surface area contributed by atoms with Crippen molar-refractivity contribution in [3.8, 4) is 0 Å². The number of methoxy groups -OCH3 is 1. The highest BCUT2D eigenvalue weighted by molar-refractivity contribution is 7.12. The number of ketones is 1. The van der Waals surface area contributed by atoms with Crippen molar-refractivity contribution in [3.05, 3.63) is 69.1 Å². The monoisotopic (exact) mass is 427 g/mol.